The van der Waals surface area contributed by atoms with Crippen LogP contribution in [0.3, 0.4) is 0 Å². The van der Waals surface area contributed by atoms with E-state index in [4.69, 9.17) is 11.0 Å². The minimum atomic E-state index is -0.0560. The number of hydrogen-bond acceptors (Lipinski definition) is 7. The van der Waals surface area contributed by atoms with E-state index in [0.717, 1.165) is 0 Å². The van der Waals surface area contributed by atoms with Crippen molar-refractivity contribution in [3.63, 3.8) is 0 Å². The highest BCUT2D eigenvalue weighted by Gasteiger charge is 2.21. The Balaban J connectivity index is 1.54. The smallest absolute Gasteiger partial charge is 0.298 e. The normalized spacial score (nSPS) is 13.7. The number of rotatable bonds is 4. The zero-order chi connectivity index (χ0) is 18.6. The van der Waals surface area contributed by atoms with Crippen molar-refractivity contribution in [3.8, 4) is 11.5 Å². The van der Waals surface area contributed by atoms with Crippen molar-refractivity contribution in [2.45, 2.75) is 0 Å². The molecule has 134 valence electrons. The summed E-state index contributed by atoms with van der Waals surface area (Å²) in [6.45, 7) is 8.49. The van der Waals surface area contributed by atoms with E-state index in [-0.39, 0.29) is 12.5 Å². The molecule has 2 N–H and O–H groups in total. The molecule has 0 bridgehead atoms. The Bertz CT molecular complexity index is 1020. The zero-order valence-electron chi connectivity index (χ0n) is 14.2. The Kier molecular flexibility index (Phi) is 4.37. The monoisotopic (exact) mass is 361 g/mol. The van der Waals surface area contributed by atoms with Crippen LogP contribution in [0.2, 0.25) is 0 Å². The number of carbonyl (C=O) groups excluding carboxylic acids is 1. The molecule has 1 aliphatic heterocycles. The summed E-state index contributed by atoms with van der Waals surface area (Å²) >= 11 is 0. The van der Waals surface area contributed by atoms with E-state index in [9.17, 15) is 4.79 Å². The first-order valence-corrected chi connectivity index (χ1v) is 8.27. The predicted molar refractivity (Wildman–Crippen MR) is 98.7 cm³/mol. The van der Waals surface area contributed by atoms with Crippen LogP contribution >= 0.6 is 0 Å². The molecule has 9 heteroatoms. The number of nitrogens with zero attached hydrogens (tertiary/aromatic N) is 5. The van der Waals surface area contributed by atoms with Crippen LogP contribution in [0.5, 0.6) is 0 Å². The summed E-state index contributed by atoms with van der Waals surface area (Å²) in [5, 5.41) is 5.84. The summed E-state index contributed by atoms with van der Waals surface area (Å²) in [4.78, 5) is 29.6. The van der Waals surface area contributed by atoms with Crippen molar-refractivity contribution in [1.82, 2.24) is 20.3 Å². The topological polar surface area (TPSA) is 101 Å². The first kappa shape index (κ1) is 16.5. The highest BCUT2D eigenvalue weighted by atomic mass is 16.4. The standard InChI is InChI=1S/C18H15N7O2/c1-19-12-5-6-20-16(9-12)24-15-4-2-3-13(23-15)14-10-22-18(27-14)25-8-7-21-17(26)11-25/h2-6,9-10H,7-8,11H2,(H,21,26)(H,20,23,24). The van der Waals surface area contributed by atoms with Crippen LogP contribution < -0.4 is 15.5 Å². The third-order valence-corrected chi connectivity index (χ3v) is 3.93. The highest BCUT2D eigenvalue weighted by molar-refractivity contribution is 5.81. The van der Waals surface area contributed by atoms with Crippen molar-refractivity contribution in [2.24, 2.45) is 0 Å². The average Bonchev–Trinajstić information content (AvgIpc) is 3.19. The van der Waals surface area contributed by atoms with Crippen LogP contribution in [0.25, 0.3) is 16.3 Å². The van der Waals surface area contributed by atoms with E-state index in [2.05, 4.69) is 30.4 Å². The third kappa shape index (κ3) is 3.69. The maximum absolute atomic E-state index is 11.5. The van der Waals surface area contributed by atoms with Crippen LogP contribution in [0.1, 0.15) is 0 Å². The molecule has 0 aromatic carbocycles. The van der Waals surface area contributed by atoms with Crippen molar-refractivity contribution < 1.29 is 9.21 Å². The molecule has 0 unspecified atom stereocenters. The average molecular weight is 361 g/mol. The number of pyridine rings is 2. The van der Waals surface area contributed by atoms with Gasteiger partial charge in [0.2, 0.25) is 5.91 Å². The van der Waals surface area contributed by atoms with Gasteiger partial charge in [-0.3, -0.25) is 4.79 Å². The second-order valence-corrected chi connectivity index (χ2v) is 5.82. The molecule has 3 aromatic heterocycles. The number of amides is 1. The van der Waals surface area contributed by atoms with Gasteiger partial charge in [-0.1, -0.05) is 6.07 Å². The highest BCUT2D eigenvalue weighted by Crippen LogP contribution is 2.25. The van der Waals surface area contributed by atoms with Gasteiger partial charge in [0.1, 0.15) is 23.9 Å². The van der Waals surface area contributed by atoms with Gasteiger partial charge in [0.25, 0.3) is 6.01 Å². The van der Waals surface area contributed by atoms with Gasteiger partial charge in [-0.15, -0.1) is 0 Å². The summed E-state index contributed by atoms with van der Waals surface area (Å²) in [6, 6.07) is 9.11. The molecule has 0 radical (unpaired) electrons. The maximum Gasteiger partial charge on any atom is 0.298 e. The summed E-state index contributed by atoms with van der Waals surface area (Å²) in [6.07, 6.45) is 3.16. The first-order valence-electron chi connectivity index (χ1n) is 8.27. The van der Waals surface area contributed by atoms with Crippen LogP contribution in [0.4, 0.5) is 23.3 Å². The van der Waals surface area contributed by atoms with Crippen LogP contribution in [-0.4, -0.2) is 40.5 Å². The van der Waals surface area contributed by atoms with E-state index in [1.807, 2.05) is 6.07 Å². The maximum atomic E-state index is 11.5. The quantitative estimate of drug-likeness (QED) is 0.688. The largest absolute Gasteiger partial charge is 0.422 e. The van der Waals surface area contributed by atoms with E-state index in [1.165, 1.54) is 0 Å². The second kappa shape index (κ2) is 7.13. The molecule has 3 aromatic rings. The molecular weight excluding hydrogens is 346 g/mol. The zero-order valence-corrected chi connectivity index (χ0v) is 14.2. The molecule has 0 saturated carbocycles. The van der Waals surface area contributed by atoms with Crippen molar-refractivity contribution in [2.75, 3.05) is 29.9 Å². The fraction of sp³-hybridized carbons (Fsp3) is 0.167. The van der Waals surface area contributed by atoms with Gasteiger partial charge in [-0.25, -0.2) is 19.8 Å². The van der Waals surface area contributed by atoms with Gasteiger partial charge in [0.05, 0.1) is 12.8 Å². The number of aromatic nitrogens is 3. The molecule has 1 saturated heterocycles. The number of carbonyl (C=O) groups is 1. The molecule has 0 atom stereocenters. The number of piperazine rings is 1. The number of hydrogen-bond donors (Lipinski definition) is 2. The predicted octanol–water partition coefficient (Wildman–Crippen LogP) is 2.36. The lowest BCUT2D eigenvalue weighted by molar-refractivity contribution is -0.120. The Morgan fingerprint density at radius 2 is 2.19 bits per heavy atom. The molecule has 4 heterocycles. The van der Waals surface area contributed by atoms with Crippen LogP contribution in [-0.2, 0) is 4.79 Å². The lowest BCUT2D eigenvalue weighted by atomic mass is 10.3. The van der Waals surface area contributed by atoms with E-state index in [1.54, 1.807) is 41.6 Å². The van der Waals surface area contributed by atoms with Crippen LogP contribution in [0, 0.1) is 6.57 Å². The Morgan fingerprint density at radius 1 is 1.26 bits per heavy atom. The minimum absolute atomic E-state index is 0.0560. The van der Waals surface area contributed by atoms with Gasteiger partial charge in [0.15, 0.2) is 11.4 Å². The molecular formula is C18H15N7O2. The third-order valence-electron chi connectivity index (χ3n) is 3.93. The molecule has 1 aliphatic rings. The van der Waals surface area contributed by atoms with Gasteiger partial charge in [-0.05, 0) is 24.3 Å². The van der Waals surface area contributed by atoms with Gasteiger partial charge < -0.3 is 20.0 Å². The molecule has 1 amide bonds. The fourth-order valence-electron chi connectivity index (χ4n) is 2.66. The van der Waals surface area contributed by atoms with E-state index in [0.29, 0.717) is 47.9 Å². The van der Waals surface area contributed by atoms with Crippen molar-refractivity contribution in [1.29, 1.82) is 0 Å². The molecule has 9 nitrogen and oxygen atoms in total. The number of anilines is 3. The van der Waals surface area contributed by atoms with E-state index >= 15 is 0 Å². The van der Waals surface area contributed by atoms with Gasteiger partial charge >= 0.3 is 0 Å². The SMILES string of the molecule is [C-]#[N+]c1ccnc(Nc2cccc(-c3cnc(N4CCNC(=O)C4)o3)n2)c1. The summed E-state index contributed by atoms with van der Waals surface area (Å²) in [5.74, 6) is 1.55. The summed E-state index contributed by atoms with van der Waals surface area (Å²) < 4.78 is 5.79. The van der Waals surface area contributed by atoms with Gasteiger partial charge in [0, 0.05) is 19.3 Å². The Morgan fingerprint density at radius 3 is 3.04 bits per heavy atom. The molecule has 4 rings (SSSR count). The van der Waals surface area contributed by atoms with Crippen molar-refractivity contribution in [3.05, 3.63) is 54.1 Å². The van der Waals surface area contributed by atoms with Crippen LogP contribution in [0.15, 0.2) is 47.1 Å². The fourth-order valence-corrected chi connectivity index (χ4v) is 2.66. The number of oxazole rings is 1. The summed E-state index contributed by atoms with van der Waals surface area (Å²) in [5.41, 5.74) is 1.09. The Labute approximate surface area is 154 Å². The Hall–Kier alpha value is -3.93. The molecule has 0 spiro atoms. The minimum Gasteiger partial charge on any atom is -0.422 e. The second-order valence-electron chi connectivity index (χ2n) is 5.82. The lowest BCUT2D eigenvalue weighted by Crippen LogP contribution is -2.47. The summed E-state index contributed by atoms with van der Waals surface area (Å²) in [7, 11) is 0. The number of nitrogens with one attached hydrogen (secondary N) is 2. The molecule has 0 aliphatic carbocycles. The molecule has 1 fully saturated rings. The van der Waals surface area contributed by atoms with Gasteiger partial charge in [-0.2, -0.15) is 0 Å². The van der Waals surface area contributed by atoms with Crippen molar-refractivity contribution >= 4 is 29.2 Å². The molecule has 27 heavy (non-hydrogen) atoms. The van der Waals surface area contributed by atoms with E-state index < -0.39 is 0 Å². The lowest BCUT2D eigenvalue weighted by Gasteiger charge is -2.24. The first-order chi connectivity index (χ1) is 13.2.